The molecule has 0 saturated heterocycles. The second-order valence-corrected chi connectivity index (χ2v) is 6.21. The van der Waals surface area contributed by atoms with Gasteiger partial charge in [-0.05, 0) is 18.6 Å². The van der Waals surface area contributed by atoms with Crippen LogP contribution in [-0.4, -0.2) is 12.1 Å². The minimum absolute atomic E-state index is 0. The normalized spacial score (nSPS) is 10.3. The van der Waals surface area contributed by atoms with Crippen LogP contribution in [0.4, 0.5) is 5.69 Å². The van der Waals surface area contributed by atoms with E-state index in [9.17, 15) is 0 Å². The molecule has 0 aliphatic heterocycles. The van der Waals surface area contributed by atoms with Crippen LogP contribution in [0.1, 0.15) is 84.0 Å². The minimum Gasteiger partial charge on any atom is -0.412 e. The number of unbranched alkanes of at least 4 members (excludes halogenated alkanes) is 11. The fourth-order valence-electron chi connectivity index (χ4n) is 2.66. The molecule has 0 spiro atoms. The Balaban J connectivity index is 0.00000484. The van der Waals surface area contributed by atoms with Crippen molar-refractivity contribution in [2.24, 2.45) is 0 Å². The van der Waals surface area contributed by atoms with Crippen molar-refractivity contribution >= 4 is 5.69 Å². The molecule has 0 bridgehead atoms. The molecule has 0 radical (unpaired) electrons. The van der Waals surface area contributed by atoms with Crippen LogP contribution < -0.4 is 5.48 Å². The summed E-state index contributed by atoms with van der Waals surface area (Å²) in [5.74, 6) is 0. The quantitative estimate of drug-likeness (QED) is 0.322. The second-order valence-electron chi connectivity index (χ2n) is 6.21. The van der Waals surface area contributed by atoms with Gasteiger partial charge in [0.2, 0.25) is 0 Å². The van der Waals surface area contributed by atoms with Crippen molar-refractivity contribution in [1.29, 1.82) is 0 Å². The molecule has 0 unspecified atom stereocenters. The van der Waals surface area contributed by atoms with E-state index in [0.717, 1.165) is 18.7 Å². The summed E-state index contributed by atoms with van der Waals surface area (Å²) < 4.78 is 0. The maximum absolute atomic E-state index is 5.46. The van der Waals surface area contributed by atoms with Crippen LogP contribution in [0, 0.1) is 0 Å². The Kier molecular flexibility index (Phi) is 16.5. The molecule has 0 heterocycles. The highest BCUT2D eigenvalue weighted by Gasteiger charge is 1.94. The predicted octanol–water partition coefficient (Wildman–Crippen LogP) is 5.91. The topological polar surface area (TPSA) is 52.8 Å². The highest BCUT2D eigenvalue weighted by molar-refractivity contribution is 5.39. The third-order valence-corrected chi connectivity index (χ3v) is 4.06. The molecule has 0 aliphatic rings. The standard InChI is InChI=1S/C20H35NO.H2O/c1-2-3-4-5-6-7-8-9-10-11-12-16-19-22-21-20-17-14-13-15-18-20;/h13-15,17-18,21H,2-12,16,19H2,1H3;1H2. The van der Waals surface area contributed by atoms with Crippen molar-refractivity contribution in [2.75, 3.05) is 12.1 Å². The summed E-state index contributed by atoms with van der Waals surface area (Å²) in [4.78, 5) is 5.46. The van der Waals surface area contributed by atoms with E-state index in [-0.39, 0.29) is 5.48 Å². The van der Waals surface area contributed by atoms with E-state index in [2.05, 4.69) is 12.4 Å². The Hall–Kier alpha value is -1.06. The van der Waals surface area contributed by atoms with Gasteiger partial charge in [0.05, 0.1) is 12.3 Å². The number of anilines is 1. The van der Waals surface area contributed by atoms with E-state index < -0.39 is 0 Å². The average Bonchev–Trinajstić information content (AvgIpc) is 2.56. The minimum atomic E-state index is 0. The molecule has 0 aliphatic carbocycles. The number of rotatable bonds is 15. The van der Waals surface area contributed by atoms with Crippen molar-refractivity contribution in [1.82, 2.24) is 0 Å². The molecule has 134 valence electrons. The van der Waals surface area contributed by atoms with Gasteiger partial charge in [0.25, 0.3) is 0 Å². The maximum atomic E-state index is 5.46. The Morgan fingerprint density at radius 3 is 1.70 bits per heavy atom. The van der Waals surface area contributed by atoms with Crippen LogP contribution >= 0.6 is 0 Å². The lowest BCUT2D eigenvalue weighted by Gasteiger charge is -2.06. The van der Waals surface area contributed by atoms with Gasteiger partial charge in [0, 0.05) is 0 Å². The summed E-state index contributed by atoms with van der Waals surface area (Å²) in [6.45, 7) is 3.08. The lowest BCUT2D eigenvalue weighted by molar-refractivity contribution is 0.187. The molecule has 0 saturated carbocycles. The average molecular weight is 324 g/mol. The number of nitrogens with one attached hydrogen (secondary N) is 1. The summed E-state index contributed by atoms with van der Waals surface area (Å²) in [6, 6.07) is 10.1. The van der Waals surface area contributed by atoms with Crippen molar-refractivity contribution in [3.8, 4) is 0 Å². The third kappa shape index (κ3) is 14.3. The molecular weight excluding hydrogens is 286 g/mol. The lowest BCUT2D eigenvalue weighted by Crippen LogP contribution is -2.02. The van der Waals surface area contributed by atoms with Crippen molar-refractivity contribution in [3.63, 3.8) is 0 Å². The van der Waals surface area contributed by atoms with Gasteiger partial charge >= 0.3 is 0 Å². The van der Waals surface area contributed by atoms with Crippen molar-refractivity contribution in [2.45, 2.75) is 84.0 Å². The van der Waals surface area contributed by atoms with Gasteiger partial charge in [-0.25, -0.2) is 0 Å². The zero-order valence-corrected chi connectivity index (χ0v) is 15.0. The van der Waals surface area contributed by atoms with Crippen LogP contribution in [0.5, 0.6) is 0 Å². The maximum Gasteiger partial charge on any atom is 0.0746 e. The molecule has 23 heavy (non-hydrogen) atoms. The molecule has 0 atom stereocenters. The molecule has 0 amide bonds. The first-order valence-electron chi connectivity index (χ1n) is 9.36. The van der Waals surface area contributed by atoms with Gasteiger partial charge in [-0.2, -0.15) is 0 Å². The Morgan fingerprint density at radius 2 is 1.17 bits per heavy atom. The largest absolute Gasteiger partial charge is 0.412 e. The summed E-state index contributed by atoms with van der Waals surface area (Å²) in [5.41, 5.74) is 4.01. The van der Waals surface area contributed by atoms with Crippen molar-refractivity contribution in [3.05, 3.63) is 30.3 Å². The van der Waals surface area contributed by atoms with E-state index >= 15 is 0 Å². The van der Waals surface area contributed by atoms with Crippen LogP contribution in [0.25, 0.3) is 0 Å². The summed E-state index contributed by atoms with van der Waals surface area (Å²) in [7, 11) is 0. The molecule has 3 N–H and O–H groups in total. The van der Waals surface area contributed by atoms with E-state index in [1.165, 1.54) is 70.6 Å². The number of benzene rings is 1. The molecule has 0 aromatic heterocycles. The van der Waals surface area contributed by atoms with Crippen molar-refractivity contribution < 1.29 is 10.3 Å². The number of hydrogen-bond acceptors (Lipinski definition) is 2. The Bertz CT molecular complexity index is 330. The fourth-order valence-corrected chi connectivity index (χ4v) is 2.66. The van der Waals surface area contributed by atoms with E-state index in [4.69, 9.17) is 4.84 Å². The van der Waals surface area contributed by atoms with Gasteiger partial charge in [-0.1, -0.05) is 95.8 Å². The first kappa shape index (κ1) is 21.9. The Morgan fingerprint density at radius 1 is 0.696 bits per heavy atom. The van der Waals surface area contributed by atoms with E-state index in [1.807, 2.05) is 30.3 Å². The zero-order chi connectivity index (χ0) is 15.7. The summed E-state index contributed by atoms with van der Waals surface area (Å²) in [6.07, 6.45) is 16.6. The highest BCUT2D eigenvalue weighted by atomic mass is 16.6. The van der Waals surface area contributed by atoms with Gasteiger partial charge in [-0.3, -0.25) is 10.3 Å². The fraction of sp³-hybridized carbons (Fsp3) is 0.700. The first-order chi connectivity index (χ1) is 10.9. The molecule has 0 fully saturated rings. The smallest absolute Gasteiger partial charge is 0.0746 e. The molecule has 1 rings (SSSR count). The third-order valence-electron chi connectivity index (χ3n) is 4.06. The Labute approximate surface area is 143 Å². The van der Waals surface area contributed by atoms with Crippen LogP contribution in [-0.2, 0) is 4.84 Å². The molecule has 1 aromatic carbocycles. The zero-order valence-electron chi connectivity index (χ0n) is 15.0. The van der Waals surface area contributed by atoms with Gasteiger partial charge < -0.3 is 5.48 Å². The van der Waals surface area contributed by atoms with E-state index in [1.54, 1.807) is 0 Å². The number of para-hydroxylation sites is 1. The number of hydrogen-bond donors (Lipinski definition) is 1. The van der Waals surface area contributed by atoms with E-state index in [0.29, 0.717) is 0 Å². The van der Waals surface area contributed by atoms with Crippen LogP contribution in [0.15, 0.2) is 30.3 Å². The highest BCUT2D eigenvalue weighted by Crippen LogP contribution is 2.12. The second kappa shape index (κ2) is 17.3. The SMILES string of the molecule is CCCCCCCCCCCCCCONc1ccccc1.O. The van der Waals surface area contributed by atoms with Gasteiger partial charge in [0.15, 0.2) is 0 Å². The van der Waals surface area contributed by atoms with Crippen LogP contribution in [0.3, 0.4) is 0 Å². The molecule has 3 heteroatoms. The first-order valence-corrected chi connectivity index (χ1v) is 9.36. The monoisotopic (exact) mass is 323 g/mol. The predicted molar refractivity (Wildman–Crippen MR) is 101 cm³/mol. The summed E-state index contributed by atoms with van der Waals surface area (Å²) >= 11 is 0. The lowest BCUT2D eigenvalue weighted by atomic mass is 10.1. The molecule has 1 aromatic rings. The van der Waals surface area contributed by atoms with Crippen LogP contribution in [0.2, 0.25) is 0 Å². The van der Waals surface area contributed by atoms with Gasteiger partial charge in [-0.15, -0.1) is 0 Å². The molecule has 3 nitrogen and oxygen atoms in total. The molecular formula is C20H37NO2. The van der Waals surface area contributed by atoms with Gasteiger partial charge in [0.1, 0.15) is 0 Å². The summed E-state index contributed by atoms with van der Waals surface area (Å²) in [5, 5.41) is 0.